The molecule has 0 radical (unpaired) electrons. The van der Waals surface area contributed by atoms with Crippen molar-refractivity contribution in [1.29, 1.82) is 0 Å². The van der Waals surface area contributed by atoms with E-state index in [4.69, 9.17) is 4.74 Å². The van der Waals surface area contributed by atoms with E-state index in [2.05, 4.69) is 11.4 Å². The molecule has 0 aromatic heterocycles. The number of allylic oxidation sites excluding steroid dienone is 2. The second-order valence-corrected chi connectivity index (χ2v) is 6.85. The summed E-state index contributed by atoms with van der Waals surface area (Å²) in [5, 5.41) is 2.72. The fourth-order valence-corrected chi connectivity index (χ4v) is 3.11. The Hall–Kier alpha value is -2.25. The van der Waals surface area contributed by atoms with Crippen molar-refractivity contribution in [3.63, 3.8) is 0 Å². The van der Waals surface area contributed by atoms with Crippen LogP contribution in [0.3, 0.4) is 0 Å². The molecule has 0 saturated carbocycles. The van der Waals surface area contributed by atoms with Gasteiger partial charge in [0.1, 0.15) is 5.82 Å². The number of hydrogen-bond acceptors (Lipinski definition) is 3. The van der Waals surface area contributed by atoms with E-state index in [0.29, 0.717) is 18.8 Å². The molecule has 1 unspecified atom stereocenters. The summed E-state index contributed by atoms with van der Waals surface area (Å²) in [6, 6.07) is 5.61. The van der Waals surface area contributed by atoms with Crippen molar-refractivity contribution < 1.29 is 23.6 Å². The highest BCUT2D eigenvalue weighted by molar-refractivity contribution is 5.91. The van der Waals surface area contributed by atoms with Crippen LogP contribution in [0.1, 0.15) is 25.7 Å². The minimum atomic E-state index is -0.352. The maximum atomic E-state index is 12.9. The number of carbonyl (C=O) groups is 2. The first-order chi connectivity index (χ1) is 13.0. The van der Waals surface area contributed by atoms with Crippen LogP contribution < -0.4 is 10.2 Å². The summed E-state index contributed by atoms with van der Waals surface area (Å²) in [6.45, 7) is 1.38. The molecule has 2 amide bonds. The number of amides is 2. The zero-order chi connectivity index (χ0) is 19.6. The van der Waals surface area contributed by atoms with Crippen molar-refractivity contribution in [1.82, 2.24) is 4.90 Å². The molecule has 1 atom stereocenters. The highest BCUT2D eigenvalue weighted by atomic mass is 19.1. The summed E-state index contributed by atoms with van der Waals surface area (Å²) in [6.07, 6.45) is 6.28. The number of nitrogens with one attached hydrogen (secondary N) is 2. The maximum Gasteiger partial charge on any atom is 0.281 e. The Morgan fingerprint density at radius 1 is 1.22 bits per heavy atom. The molecular formula is C20H29FN3O3+. The molecule has 148 valence electrons. The number of hydrogen-bond donors (Lipinski definition) is 2. The minimum Gasteiger partial charge on any atom is -0.383 e. The van der Waals surface area contributed by atoms with Gasteiger partial charge >= 0.3 is 0 Å². The van der Waals surface area contributed by atoms with Gasteiger partial charge in [0.2, 0.25) is 0 Å². The molecule has 2 rings (SSSR count). The third-order valence-electron chi connectivity index (χ3n) is 4.48. The van der Waals surface area contributed by atoms with Gasteiger partial charge in [0.25, 0.3) is 11.8 Å². The third kappa shape index (κ3) is 7.11. The van der Waals surface area contributed by atoms with E-state index in [0.717, 1.165) is 36.3 Å². The number of halogens is 1. The summed E-state index contributed by atoms with van der Waals surface area (Å²) in [4.78, 5) is 27.5. The molecule has 0 fully saturated rings. The fraction of sp³-hybridized carbons (Fsp3) is 0.500. The van der Waals surface area contributed by atoms with Crippen LogP contribution in [0.4, 0.5) is 10.1 Å². The van der Waals surface area contributed by atoms with Gasteiger partial charge in [0.05, 0.1) is 13.7 Å². The van der Waals surface area contributed by atoms with E-state index in [1.165, 1.54) is 24.3 Å². The zero-order valence-electron chi connectivity index (χ0n) is 16.1. The summed E-state index contributed by atoms with van der Waals surface area (Å²) in [5.74, 6) is -0.575. The molecule has 6 nitrogen and oxygen atoms in total. The van der Waals surface area contributed by atoms with Gasteiger partial charge in [-0.1, -0.05) is 6.08 Å². The Bertz CT molecular complexity index is 661. The Labute approximate surface area is 160 Å². The molecule has 1 aromatic carbocycles. The number of carbonyl (C=O) groups excluding carboxylic acids is 2. The number of ether oxygens (including phenoxy) is 1. The molecule has 1 aliphatic carbocycles. The lowest BCUT2D eigenvalue weighted by atomic mass is 10.0. The number of benzene rings is 1. The SMILES string of the molecule is COCCN(C(=O)C[NH+](C)CC(=O)Nc1ccc(F)cc1)C1=CCCCC1. The standard InChI is InChI=1S/C20H28FN3O3/c1-23(14-19(25)22-17-10-8-16(21)9-11-17)15-20(26)24(12-13-27-2)18-6-4-3-5-7-18/h6,8-11H,3-5,7,12-15H2,1-2H3,(H,22,25)/p+1. The topological polar surface area (TPSA) is 63.1 Å². The second kappa shape index (κ2) is 10.8. The largest absolute Gasteiger partial charge is 0.383 e. The Morgan fingerprint density at radius 2 is 1.96 bits per heavy atom. The number of anilines is 1. The second-order valence-electron chi connectivity index (χ2n) is 6.85. The first kappa shape index (κ1) is 21.1. The molecule has 2 N–H and O–H groups in total. The third-order valence-corrected chi connectivity index (χ3v) is 4.48. The van der Waals surface area contributed by atoms with Gasteiger partial charge in [-0.05, 0) is 49.9 Å². The number of likely N-dealkylation sites (N-methyl/N-ethyl adjacent to an activating group) is 1. The maximum absolute atomic E-state index is 12.9. The quantitative estimate of drug-likeness (QED) is 0.679. The first-order valence-corrected chi connectivity index (χ1v) is 9.34. The summed E-state index contributed by atoms with van der Waals surface area (Å²) in [5.41, 5.74) is 1.60. The van der Waals surface area contributed by atoms with Gasteiger partial charge in [-0.25, -0.2) is 4.39 Å². The molecule has 1 aromatic rings. The number of methoxy groups -OCH3 is 1. The van der Waals surface area contributed by atoms with Crippen LogP contribution in [-0.4, -0.2) is 57.1 Å². The van der Waals surface area contributed by atoms with Gasteiger partial charge in [-0.2, -0.15) is 0 Å². The minimum absolute atomic E-state index is 0.00715. The first-order valence-electron chi connectivity index (χ1n) is 9.34. The van der Waals surface area contributed by atoms with Crippen LogP contribution in [-0.2, 0) is 14.3 Å². The van der Waals surface area contributed by atoms with Crippen LogP contribution >= 0.6 is 0 Å². The van der Waals surface area contributed by atoms with Crippen molar-refractivity contribution >= 4 is 17.5 Å². The fourth-order valence-electron chi connectivity index (χ4n) is 3.11. The van der Waals surface area contributed by atoms with E-state index in [1.807, 2.05) is 7.05 Å². The Morgan fingerprint density at radius 3 is 2.59 bits per heavy atom. The van der Waals surface area contributed by atoms with Gasteiger partial charge in [-0.3, -0.25) is 9.59 Å². The molecule has 7 heteroatoms. The molecule has 0 saturated heterocycles. The lowest BCUT2D eigenvalue weighted by Gasteiger charge is -2.28. The van der Waals surface area contributed by atoms with E-state index < -0.39 is 0 Å². The molecule has 0 bridgehead atoms. The van der Waals surface area contributed by atoms with E-state index >= 15 is 0 Å². The summed E-state index contributed by atoms with van der Waals surface area (Å²) >= 11 is 0. The van der Waals surface area contributed by atoms with E-state index in [-0.39, 0.29) is 30.7 Å². The van der Waals surface area contributed by atoms with Crippen molar-refractivity contribution in [2.75, 3.05) is 45.7 Å². The van der Waals surface area contributed by atoms with E-state index in [9.17, 15) is 14.0 Å². The highest BCUT2D eigenvalue weighted by Gasteiger charge is 2.23. The van der Waals surface area contributed by atoms with Crippen LogP contribution in [0, 0.1) is 5.82 Å². The molecule has 1 aliphatic rings. The predicted molar refractivity (Wildman–Crippen MR) is 102 cm³/mol. The molecular weight excluding hydrogens is 349 g/mol. The van der Waals surface area contributed by atoms with Gasteiger partial charge in [0.15, 0.2) is 13.1 Å². The lowest BCUT2D eigenvalue weighted by Crippen LogP contribution is -3.11. The van der Waals surface area contributed by atoms with Crippen LogP contribution in [0.5, 0.6) is 0 Å². The van der Waals surface area contributed by atoms with E-state index in [1.54, 1.807) is 12.0 Å². The van der Waals surface area contributed by atoms with Crippen molar-refractivity contribution in [3.05, 3.63) is 41.9 Å². The zero-order valence-corrected chi connectivity index (χ0v) is 16.1. The highest BCUT2D eigenvalue weighted by Crippen LogP contribution is 2.20. The monoisotopic (exact) mass is 378 g/mol. The molecule has 27 heavy (non-hydrogen) atoms. The average molecular weight is 378 g/mol. The van der Waals surface area contributed by atoms with Crippen molar-refractivity contribution in [2.24, 2.45) is 0 Å². The Kier molecular flexibility index (Phi) is 8.42. The van der Waals surface area contributed by atoms with Crippen LogP contribution in [0.25, 0.3) is 0 Å². The normalized spacial score (nSPS) is 15.0. The average Bonchev–Trinajstić information content (AvgIpc) is 2.64. The van der Waals surface area contributed by atoms with Crippen LogP contribution in [0.15, 0.2) is 36.0 Å². The van der Waals surface area contributed by atoms with Crippen LogP contribution in [0.2, 0.25) is 0 Å². The number of quaternary nitrogens is 1. The number of rotatable bonds is 9. The molecule has 0 aliphatic heterocycles. The van der Waals surface area contributed by atoms with Crippen molar-refractivity contribution in [3.8, 4) is 0 Å². The van der Waals surface area contributed by atoms with Gasteiger partial charge in [-0.15, -0.1) is 0 Å². The molecule has 0 heterocycles. The summed E-state index contributed by atoms with van der Waals surface area (Å²) in [7, 11) is 3.43. The lowest BCUT2D eigenvalue weighted by molar-refractivity contribution is -0.862. The smallest absolute Gasteiger partial charge is 0.281 e. The Balaban J connectivity index is 1.88. The number of nitrogens with zero attached hydrogens (tertiary/aromatic N) is 1. The van der Waals surface area contributed by atoms with Gasteiger partial charge < -0.3 is 19.9 Å². The summed E-state index contributed by atoms with van der Waals surface area (Å²) < 4.78 is 18.1. The van der Waals surface area contributed by atoms with Crippen molar-refractivity contribution in [2.45, 2.75) is 25.7 Å². The molecule has 0 spiro atoms. The predicted octanol–water partition coefficient (Wildman–Crippen LogP) is 1.21. The van der Waals surface area contributed by atoms with Gasteiger partial charge in [0, 0.05) is 25.0 Å².